The van der Waals surface area contributed by atoms with Gasteiger partial charge in [-0.1, -0.05) is 0 Å². The molecule has 0 aromatic carbocycles. The molecule has 1 unspecified atom stereocenters. The third kappa shape index (κ3) is 2.17. The molecule has 0 saturated carbocycles. The van der Waals surface area contributed by atoms with E-state index < -0.39 is 12.1 Å². The van der Waals surface area contributed by atoms with Crippen molar-refractivity contribution in [1.82, 2.24) is 4.90 Å². The van der Waals surface area contributed by atoms with Crippen LogP contribution >= 0.6 is 0 Å². The normalized spacial score (nSPS) is 26.8. The van der Waals surface area contributed by atoms with Crippen LogP contribution in [0.4, 0.5) is 0 Å². The van der Waals surface area contributed by atoms with Gasteiger partial charge in [0, 0.05) is 13.1 Å². The predicted molar refractivity (Wildman–Crippen MR) is 39.2 cm³/mol. The molecule has 0 aromatic rings. The van der Waals surface area contributed by atoms with Crippen molar-refractivity contribution in [3.05, 3.63) is 6.92 Å². The molecular formula is C7H12NO3. The van der Waals surface area contributed by atoms with Crippen LogP contribution in [0.3, 0.4) is 0 Å². The van der Waals surface area contributed by atoms with Gasteiger partial charge in [-0.2, -0.15) is 0 Å². The van der Waals surface area contributed by atoms with Crippen molar-refractivity contribution in [3.8, 4) is 0 Å². The maximum atomic E-state index is 10.4. The van der Waals surface area contributed by atoms with E-state index in [1.54, 1.807) is 0 Å². The SMILES string of the molecule is [CH2]CN1CCOC(C(=O)O)C1. The van der Waals surface area contributed by atoms with Crippen LogP contribution in [0.2, 0.25) is 0 Å². The van der Waals surface area contributed by atoms with Crippen LogP contribution in [0.25, 0.3) is 0 Å². The smallest absolute Gasteiger partial charge is 0.334 e. The number of hydrogen-bond acceptors (Lipinski definition) is 3. The molecule has 1 aliphatic heterocycles. The van der Waals surface area contributed by atoms with Gasteiger partial charge < -0.3 is 9.84 Å². The first-order chi connectivity index (χ1) is 5.24. The predicted octanol–water partition coefficient (Wildman–Crippen LogP) is -0.394. The zero-order chi connectivity index (χ0) is 8.27. The number of rotatable bonds is 2. The van der Waals surface area contributed by atoms with Gasteiger partial charge in [0.15, 0.2) is 6.10 Å². The largest absolute Gasteiger partial charge is 0.479 e. The van der Waals surface area contributed by atoms with Crippen molar-refractivity contribution in [2.45, 2.75) is 6.10 Å². The third-order valence-corrected chi connectivity index (χ3v) is 1.74. The lowest BCUT2D eigenvalue weighted by Crippen LogP contribution is -2.45. The van der Waals surface area contributed by atoms with Gasteiger partial charge in [0.05, 0.1) is 6.61 Å². The number of carboxylic acids is 1. The molecule has 1 aliphatic rings. The molecule has 11 heavy (non-hydrogen) atoms. The first-order valence-corrected chi connectivity index (χ1v) is 3.60. The Kier molecular flexibility index (Phi) is 2.84. The second-order valence-electron chi connectivity index (χ2n) is 2.50. The highest BCUT2D eigenvalue weighted by atomic mass is 16.5. The zero-order valence-electron chi connectivity index (χ0n) is 6.32. The van der Waals surface area contributed by atoms with E-state index in [0.29, 0.717) is 19.7 Å². The maximum absolute atomic E-state index is 10.4. The van der Waals surface area contributed by atoms with Crippen LogP contribution in [0.15, 0.2) is 0 Å². The monoisotopic (exact) mass is 158 g/mol. The van der Waals surface area contributed by atoms with Gasteiger partial charge in [0.25, 0.3) is 0 Å². The minimum Gasteiger partial charge on any atom is -0.479 e. The van der Waals surface area contributed by atoms with Crippen LogP contribution in [0, 0.1) is 6.92 Å². The number of aliphatic carboxylic acids is 1. The molecule has 4 heteroatoms. The van der Waals surface area contributed by atoms with Crippen molar-refractivity contribution in [3.63, 3.8) is 0 Å². The van der Waals surface area contributed by atoms with E-state index in [9.17, 15) is 4.79 Å². The lowest BCUT2D eigenvalue weighted by molar-refractivity contribution is -0.155. The van der Waals surface area contributed by atoms with E-state index in [2.05, 4.69) is 6.92 Å². The van der Waals surface area contributed by atoms with E-state index in [1.165, 1.54) is 0 Å². The van der Waals surface area contributed by atoms with E-state index in [4.69, 9.17) is 9.84 Å². The number of nitrogens with zero attached hydrogens (tertiary/aromatic N) is 1. The van der Waals surface area contributed by atoms with Crippen molar-refractivity contribution >= 4 is 5.97 Å². The standard InChI is InChI=1S/C7H12NO3/c1-2-8-3-4-11-6(5-8)7(9)10/h6H,1-5H2,(H,9,10). The summed E-state index contributed by atoms with van der Waals surface area (Å²) in [7, 11) is 0. The lowest BCUT2D eigenvalue weighted by Gasteiger charge is -2.29. The summed E-state index contributed by atoms with van der Waals surface area (Å²) in [6.45, 7) is 6.06. The second kappa shape index (κ2) is 3.69. The molecule has 0 aromatic heterocycles. The molecule has 0 aliphatic carbocycles. The quantitative estimate of drug-likeness (QED) is 0.594. The van der Waals surface area contributed by atoms with E-state index in [0.717, 1.165) is 6.54 Å². The molecule has 63 valence electrons. The zero-order valence-corrected chi connectivity index (χ0v) is 6.32. The molecule has 1 rings (SSSR count). The Bertz CT molecular complexity index is 149. The molecule has 1 N–H and O–H groups in total. The summed E-state index contributed by atoms with van der Waals surface area (Å²) in [6.07, 6.45) is -0.662. The first kappa shape index (κ1) is 8.49. The Morgan fingerprint density at radius 3 is 3.09 bits per heavy atom. The average Bonchev–Trinajstić information content (AvgIpc) is 2.05. The number of morpholine rings is 1. The molecular weight excluding hydrogens is 146 g/mol. The fraction of sp³-hybridized carbons (Fsp3) is 0.714. The van der Waals surface area contributed by atoms with Gasteiger partial charge in [-0.3, -0.25) is 4.90 Å². The molecule has 0 bridgehead atoms. The Morgan fingerprint density at radius 2 is 2.55 bits per heavy atom. The van der Waals surface area contributed by atoms with Crippen LogP contribution in [0.1, 0.15) is 0 Å². The summed E-state index contributed by atoms with van der Waals surface area (Å²) in [6, 6.07) is 0. The maximum Gasteiger partial charge on any atom is 0.334 e. The van der Waals surface area contributed by atoms with Gasteiger partial charge in [-0.15, -0.1) is 0 Å². The lowest BCUT2D eigenvalue weighted by atomic mass is 10.3. The molecule has 1 radical (unpaired) electrons. The van der Waals surface area contributed by atoms with Gasteiger partial charge in [-0.05, 0) is 13.5 Å². The van der Waals surface area contributed by atoms with Crippen LogP contribution in [-0.4, -0.2) is 48.3 Å². The Labute approximate surface area is 65.8 Å². The molecule has 1 fully saturated rings. The second-order valence-corrected chi connectivity index (χ2v) is 2.50. The summed E-state index contributed by atoms with van der Waals surface area (Å²) < 4.78 is 5.00. The van der Waals surface area contributed by atoms with E-state index in [-0.39, 0.29) is 0 Å². The number of carboxylic acid groups (broad SMARTS) is 1. The topological polar surface area (TPSA) is 49.8 Å². The fourth-order valence-corrected chi connectivity index (χ4v) is 1.06. The fourth-order valence-electron chi connectivity index (χ4n) is 1.06. The summed E-state index contributed by atoms with van der Waals surface area (Å²) in [4.78, 5) is 12.4. The van der Waals surface area contributed by atoms with Gasteiger partial charge >= 0.3 is 5.97 Å². The number of hydrogen-bond donors (Lipinski definition) is 1. The molecule has 0 spiro atoms. The number of carbonyl (C=O) groups is 1. The Balaban J connectivity index is 2.39. The van der Waals surface area contributed by atoms with Crippen molar-refractivity contribution in [2.24, 2.45) is 0 Å². The van der Waals surface area contributed by atoms with Crippen molar-refractivity contribution in [2.75, 3.05) is 26.2 Å². The van der Waals surface area contributed by atoms with Crippen molar-refractivity contribution in [1.29, 1.82) is 0 Å². The number of ether oxygens (including phenoxy) is 1. The molecule has 0 amide bonds. The average molecular weight is 158 g/mol. The van der Waals surface area contributed by atoms with E-state index >= 15 is 0 Å². The third-order valence-electron chi connectivity index (χ3n) is 1.74. The molecule has 1 atom stereocenters. The summed E-state index contributed by atoms with van der Waals surface area (Å²) in [5, 5.41) is 8.58. The highest BCUT2D eigenvalue weighted by Gasteiger charge is 2.24. The Hall–Kier alpha value is -0.610. The van der Waals surface area contributed by atoms with Crippen molar-refractivity contribution < 1.29 is 14.6 Å². The van der Waals surface area contributed by atoms with Gasteiger partial charge in [0.1, 0.15) is 0 Å². The summed E-state index contributed by atoms with van der Waals surface area (Å²) >= 11 is 0. The van der Waals surface area contributed by atoms with Gasteiger partial charge in [0.2, 0.25) is 0 Å². The molecule has 1 saturated heterocycles. The summed E-state index contributed by atoms with van der Waals surface area (Å²) in [5.74, 6) is -0.886. The highest BCUT2D eigenvalue weighted by molar-refractivity contribution is 5.72. The van der Waals surface area contributed by atoms with Gasteiger partial charge in [-0.25, -0.2) is 4.79 Å². The molecule has 4 nitrogen and oxygen atoms in total. The first-order valence-electron chi connectivity index (χ1n) is 3.60. The minimum atomic E-state index is -0.886. The molecule has 1 heterocycles. The van der Waals surface area contributed by atoms with Crippen LogP contribution < -0.4 is 0 Å². The summed E-state index contributed by atoms with van der Waals surface area (Å²) in [5.41, 5.74) is 0. The minimum absolute atomic E-state index is 0.457. The highest BCUT2D eigenvalue weighted by Crippen LogP contribution is 2.03. The van der Waals surface area contributed by atoms with E-state index in [1.807, 2.05) is 4.90 Å². The van der Waals surface area contributed by atoms with Crippen LogP contribution in [-0.2, 0) is 9.53 Å². The Morgan fingerprint density at radius 1 is 1.82 bits per heavy atom. The van der Waals surface area contributed by atoms with Crippen LogP contribution in [0.5, 0.6) is 0 Å².